The molecule has 22 heavy (non-hydrogen) atoms. The van der Waals surface area contributed by atoms with Gasteiger partial charge in [-0.1, -0.05) is 30.3 Å². The van der Waals surface area contributed by atoms with E-state index in [0.29, 0.717) is 12.1 Å². The van der Waals surface area contributed by atoms with E-state index in [0.717, 1.165) is 0 Å². The van der Waals surface area contributed by atoms with Crippen LogP contribution in [0.5, 0.6) is 0 Å². The first-order valence-electron chi connectivity index (χ1n) is 5.81. The highest BCUT2D eigenvalue weighted by atomic mass is 19.4. The maximum Gasteiger partial charge on any atom is 0.417 e. The quantitative estimate of drug-likeness (QED) is 0.628. The summed E-state index contributed by atoms with van der Waals surface area (Å²) in [6.07, 6.45) is -4.97. The van der Waals surface area contributed by atoms with Gasteiger partial charge in [-0.25, -0.2) is 0 Å². The van der Waals surface area contributed by atoms with Gasteiger partial charge in [0.1, 0.15) is 0 Å². The fraction of sp³-hybridized carbons (Fsp3) is 0.0769. The summed E-state index contributed by atoms with van der Waals surface area (Å²) in [5, 5.41) is 21.8. The van der Waals surface area contributed by atoms with E-state index < -0.39 is 38.5 Å². The van der Waals surface area contributed by atoms with Crippen LogP contribution in [0.1, 0.15) is 5.56 Å². The highest BCUT2D eigenvalue weighted by Crippen LogP contribution is 2.44. The molecule has 0 aromatic heterocycles. The molecule has 0 aliphatic heterocycles. The standard InChI is InChI=1S/C13H7F3N2O4/c14-13(15,16)10-6-9(17(19)20)7-11(18(21)22)12(10)8-4-2-1-3-5-8/h1-7H. The van der Waals surface area contributed by atoms with Crippen LogP contribution in [0.2, 0.25) is 0 Å². The second-order valence-corrected chi connectivity index (χ2v) is 4.27. The van der Waals surface area contributed by atoms with E-state index in [1.54, 1.807) is 0 Å². The molecule has 6 nitrogen and oxygen atoms in total. The molecule has 0 saturated carbocycles. The normalized spacial score (nSPS) is 11.2. The summed E-state index contributed by atoms with van der Waals surface area (Å²) in [4.78, 5) is 19.6. The number of halogens is 3. The number of nitro groups is 2. The van der Waals surface area contributed by atoms with Crippen LogP contribution in [0.4, 0.5) is 24.5 Å². The fourth-order valence-electron chi connectivity index (χ4n) is 1.99. The Kier molecular flexibility index (Phi) is 3.81. The SMILES string of the molecule is O=[N+]([O-])c1cc([N+](=O)[O-])c(-c2ccccc2)c(C(F)(F)F)c1. The van der Waals surface area contributed by atoms with Gasteiger partial charge in [0.15, 0.2) is 0 Å². The average molecular weight is 312 g/mol. The highest BCUT2D eigenvalue weighted by Gasteiger charge is 2.39. The van der Waals surface area contributed by atoms with Gasteiger partial charge in [0.05, 0.1) is 27.0 Å². The molecule has 0 heterocycles. The zero-order valence-electron chi connectivity index (χ0n) is 10.7. The second-order valence-electron chi connectivity index (χ2n) is 4.27. The van der Waals surface area contributed by atoms with E-state index in [1.165, 1.54) is 30.3 Å². The molecule has 0 aliphatic rings. The third kappa shape index (κ3) is 2.87. The van der Waals surface area contributed by atoms with Crippen LogP contribution >= 0.6 is 0 Å². The van der Waals surface area contributed by atoms with Crippen LogP contribution in [0, 0.1) is 20.2 Å². The van der Waals surface area contributed by atoms with E-state index >= 15 is 0 Å². The molecule has 0 spiro atoms. The number of nitro benzene ring substituents is 2. The van der Waals surface area contributed by atoms with Crippen LogP contribution in [0.15, 0.2) is 42.5 Å². The van der Waals surface area contributed by atoms with Gasteiger partial charge in [-0.15, -0.1) is 0 Å². The van der Waals surface area contributed by atoms with Crippen LogP contribution < -0.4 is 0 Å². The van der Waals surface area contributed by atoms with E-state index in [-0.39, 0.29) is 5.56 Å². The summed E-state index contributed by atoms with van der Waals surface area (Å²) in [6, 6.07) is 7.73. The van der Waals surface area contributed by atoms with Gasteiger partial charge < -0.3 is 0 Å². The predicted octanol–water partition coefficient (Wildman–Crippen LogP) is 4.19. The maximum absolute atomic E-state index is 13.2. The van der Waals surface area contributed by atoms with E-state index in [9.17, 15) is 33.4 Å². The van der Waals surface area contributed by atoms with Crippen molar-refractivity contribution in [3.63, 3.8) is 0 Å². The molecule has 0 atom stereocenters. The first-order valence-corrected chi connectivity index (χ1v) is 5.81. The smallest absolute Gasteiger partial charge is 0.258 e. The molecular formula is C13H7F3N2O4. The first-order chi connectivity index (χ1) is 10.2. The van der Waals surface area contributed by atoms with Crippen molar-refractivity contribution in [2.75, 3.05) is 0 Å². The van der Waals surface area contributed by atoms with Crippen molar-refractivity contribution in [2.24, 2.45) is 0 Å². The Morgan fingerprint density at radius 2 is 1.50 bits per heavy atom. The molecule has 2 aromatic carbocycles. The Morgan fingerprint density at radius 1 is 0.909 bits per heavy atom. The summed E-state index contributed by atoms with van der Waals surface area (Å²) >= 11 is 0. The number of rotatable bonds is 3. The minimum Gasteiger partial charge on any atom is -0.258 e. The molecule has 0 aliphatic carbocycles. The molecule has 0 N–H and O–H groups in total. The van der Waals surface area contributed by atoms with Crippen LogP contribution in [0.25, 0.3) is 11.1 Å². The molecule has 114 valence electrons. The minimum absolute atomic E-state index is 0.0450. The summed E-state index contributed by atoms with van der Waals surface area (Å²) in [5.74, 6) is 0. The van der Waals surface area contributed by atoms with Crippen molar-refractivity contribution in [2.45, 2.75) is 6.18 Å². The van der Waals surface area contributed by atoms with E-state index in [2.05, 4.69) is 0 Å². The van der Waals surface area contributed by atoms with Crippen LogP contribution in [0.3, 0.4) is 0 Å². The molecule has 2 aromatic rings. The lowest BCUT2D eigenvalue weighted by atomic mass is 9.96. The number of alkyl halides is 3. The van der Waals surface area contributed by atoms with Crippen molar-refractivity contribution in [1.29, 1.82) is 0 Å². The number of hydrogen-bond donors (Lipinski definition) is 0. The Bertz CT molecular complexity index is 745. The Labute approximate surface area is 121 Å². The highest BCUT2D eigenvalue weighted by molar-refractivity contribution is 5.79. The van der Waals surface area contributed by atoms with Crippen LogP contribution in [-0.2, 0) is 6.18 Å². The largest absolute Gasteiger partial charge is 0.417 e. The van der Waals surface area contributed by atoms with Gasteiger partial charge in [0.25, 0.3) is 11.4 Å². The lowest BCUT2D eigenvalue weighted by Gasteiger charge is -2.13. The number of non-ortho nitro benzene ring substituents is 1. The Balaban J connectivity index is 2.90. The zero-order valence-corrected chi connectivity index (χ0v) is 10.7. The Hall–Kier alpha value is -2.97. The maximum atomic E-state index is 13.2. The van der Waals surface area contributed by atoms with Crippen molar-refractivity contribution < 1.29 is 23.0 Å². The van der Waals surface area contributed by atoms with Gasteiger partial charge in [0.2, 0.25) is 0 Å². The van der Waals surface area contributed by atoms with E-state index in [4.69, 9.17) is 0 Å². The topological polar surface area (TPSA) is 86.3 Å². The number of benzene rings is 2. The van der Waals surface area contributed by atoms with E-state index in [1.807, 2.05) is 0 Å². The number of hydrogen-bond acceptors (Lipinski definition) is 4. The molecule has 0 bridgehead atoms. The molecular weight excluding hydrogens is 305 g/mol. The van der Waals surface area contributed by atoms with Gasteiger partial charge in [0, 0.05) is 6.07 Å². The summed E-state index contributed by atoms with van der Waals surface area (Å²) in [7, 11) is 0. The Morgan fingerprint density at radius 3 is 1.95 bits per heavy atom. The zero-order chi connectivity index (χ0) is 16.5. The predicted molar refractivity (Wildman–Crippen MR) is 70.2 cm³/mol. The third-order valence-corrected chi connectivity index (χ3v) is 2.88. The van der Waals surface area contributed by atoms with Crippen molar-refractivity contribution >= 4 is 11.4 Å². The molecule has 0 amide bonds. The lowest BCUT2D eigenvalue weighted by Crippen LogP contribution is -2.10. The minimum atomic E-state index is -4.97. The van der Waals surface area contributed by atoms with Gasteiger partial charge in [-0.05, 0) is 5.56 Å². The molecule has 0 fully saturated rings. The van der Waals surface area contributed by atoms with Gasteiger partial charge >= 0.3 is 6.18 Å². The fourth-order valence-corrected chi connectivity index (χ4v) is 1.99. The molecule has 9 heteroatoms. The van der Waals surface area contributed by atoms with Crippen molar-refractivity contribution in [3.05, 3.63) is 68.3 Å². The third-order valence-electron chi connectivity index (χ3n) is 2.88. The first kappa shape index (κ1) is 15.4. The van der Waals surface area contributed by atoms with Crippen molar-refractivity contribution in [1.82, 2.24) is 0 Å². The summed E-state index contributed by atoms with van der Waals surface area (Å²) in [6.45, 7) is 0. The summed E-state index contributed by atoms with van der Waals surface area (Å²) in [5.41, 5.74) is -4.11. The molecule has 0 unspecified atom stereocenters. The average Bonchev–Trinajstić information content (AvgIpc) is 2.45. The monoisotopic (exact) mass is 312 g/mol. The van der Waals surface area contributed by atoms with Gasteiger partial charge in [-0.3, -0.25) is 20.2 Å². The molecule has 0 radical (unpaired) electrons. The van der Waals surface area contributed by atoms with Crippen LogP contribution in [-0.4, -0.2) is 9.85 Å². The molecule has 0 saturated heterocycles. The number of nitrogens with zero attached hydrogens (tertiary/aromatic N) is 2. The molecule has 2 rings (SSSR count). The van der Waals surface area contributed by atoms with Crippen molar-refractivity contribution in [3.8, 4) is 11.1 Å². The summed E-state index contributed by atoms with van der Waals surface area (Å²) < 4.78 is 39.5. The van der Waals surface area contributed by atoms with Gasteiger partial charge in [-0.2, -0.15) is 13.2 Å². The second kappa shape index (κ2) is 5.43. The lowest BCUT2D eigenvalue weighted by molar-refractivity contribution is -0.394.